The second-order valence-electron chi connectivity index (χ2n) is 4.13. The summed E-state index contributed by atoms with van der Waals surface area (Å²) >= 11 is 3.99. The number of benzene rings is 1. The van der Waals surface area contributed by atoms with Crippen molar-refractivity contribution in [2.45, 2.75) is 6.18 Å². The van der Waals surface area contributed by atoms with Gasteiger partial charge in [-0.15, -0.1) is 0 Å². The Bertz CT molecular complexity index is 680. The molecular weight excluding hydrogens is 525 g/mol. The predicted molar refractivity (Wildman–Crippen MR) is 94.0 cm³/mol. The number of rotatable bonds is 3. The Balaban J connectivity index is 2.07. The van der Waals surface area contributed by atoms with Crippen LogP contribution in [-0.2, 0) is 6.18 Å². The molecule has 22 heavy (non-hydrogen) atoms. The molecule has 0 unspecified atom stereocenters. The molecule has 0 bridgehead atoms. The van der Waals surface area contributed by atoms with Crippen LogP contribution in [0.25, 0.3) is 0 Å². The molecule has 0 spiro atoms. The molecule has 2 N–H and O–H groups in total. The van der Waals surface area contributed by atoms with Gasteiger partial charge in [-0.3, -0.25) is 5.43 Å². The maximum atomic E-state index is 12.4. The molecule has 1 aromatic heterocycles. The summed E-state index contributed by atoms with van der Waals surface area (Å²) in [7, 11) is 0. The minimum atomic E-state index is -4.41. The molecule has 1 heterocycles. The molecule has 0 amide bonds. The number of halogens is 5. The first-order chi connectivity index (χ1) is 10.3. The third-order valence-electron chi connectivity index (χ3n) is 2.52. The summed E-state index contributed by atoms with van der Waals surface area (Å²) in [6.07, 6.45) is -2.18. The molecule has 0 saturated heterocycles. The molecule has 0 aliphatic carbocycles. The van der Waals surface area contributed by atoms with E-state index < -0.39 is 11.7 Å². The average Bonchev–Trinajstić information content (AvgIpc) is 2.44. The molecule has 0 saturated carbocycles. The molecule has 0 atom stereocenters. The zero-order valence-electron chi connectivity index (χ0n) is 10.7. The number of nitrogens with zero attached hydrogens (tertiary/aromatic N) is 2. The zero-order valence-corrected chi connectivity index (χ0v) is 15.0. The minimum absolute atomic E-state index is 0.201. The van der Waals surface area contributed by atoms with E-state index in [0.29, 0.717) is 7.14 Å². The summed E-state index contributed by atoms with van der Waals surface area (Å²) < 4.78 is 38.5. The van der Waals surface area contributed by atoms with E-state index in [1.54, 1.807) is 12.1 Å². The quantitative estimate of drug-likeness (QED) is 0.349. The molecule has 0 fully saturated rings. The second-order valence-corrected chi connectivity index (χ2v) is 6.46. The van der Waals surface area contributed by atoms with E-state index in [0.717, 1.165) is 17.8 Å². The van der Waals surface area contributed by atoms with Crippen molar-refractivity contribution in [3.05, 3.63) is 48.7 Å². The minimum Gasteiger partial charge on any atom is -0.506 e. The normalized spacial score (nSPS) is 11.9. The van der Waals surface area contributed by atoms with Crippen LogP contribution in [0, 0.1) is 7.14 Å². The highest BCUT2D eigenvalue weighted by Crippen LogP contribution is 2.29. The maximum Gasteiger partial charge on any atom is 0.417 e. The van der Waals surface area contributed by atoms with Crippen LogP contribution >= 0.6 is 45.2 Å². The average molecular weight is 533 g/mol. The zero-order chi connectivity index (χ0) is 16.3. The maximum absolute atomic E-state index is 12.4. The third kappa shape index (κ3) is 4.44. The number of phenolic OH excluding ortho intramolecular Hbond substituents is 1. The van der Waals surface area contributed by atoms with Crippen molar-refractivity contribution in [1.82, 2.24) is 4.98 Å². The van der Waals surface area contributed by atoms with Crippen LogP contribution in [0.3, 0.4) is 0 Å². The fraction of sp³-hybridized carbons (Fsp3) is 0.0769. The van der Waals surface area contributed by atoms with E-state index in [-0.39, 0.29) is 11.6 Å². The number of pyridine rings is 1. The van der Waals surface area contributed by atoms with Crippen LogP contribution in [0.15, 0.2) is 35.6 Å². The van der Waals surface area contributed by atoms with E-state index in [9.17, 15) is 18.3 Å². The van der Waals surface area contributed by atoms with Crippen LogP contribution in [0.2, 0.25) is 0 Å². The molecule has 0 radical (unpaired) electrons. The van der Waals surface area contributed by atoms with Crippen molar-refractivity contribution < 1.29 is 18.3 Å². The van der Waals surface area contributed by atoms with Crippen LogP contribution in [0.1, 0.15) is 11.1 Å². The summed E-state index contributed by atoms with van der Waals surface area (Å²) in [5.41, 5.74) is 2.48. The fourth-order valence-corrected chi connectivity index (χ4v) is 3.28. The number of nitrogens with one attached hydrogen (secondary N) is 1. The van der Waals surface area contributed by atoms with Gasteiger partial charge < -0.3 is 5.11 Å². The van der Waals surface area contributed by atoms with Gasteiger partial charge in [0.1, 0.15) is 11.6 Å². The molecule has 0 aliphatic heterocycles. The highest BCUT2D eigenvalue weighted by Gasteiger charge is 2.30. The number of phenols is 1. The van der Waals surface area contributed by atoms with E-state index in [2.05, 4.69) is 15.5 Å². The highest BCUT2D eigenvalue weighted by atomic mass is 127. The van der Waals surface area contributed by atoms with Gasteiger partial charge in [-0.25, -0.2) is 4.98 Å². The Morgan fingerprint density at radius 2 is 1.82 bits per heavy atom. The van der Waals surface area contributed by atoms with Crippen LogP contribution in [0.5, 0.6) is 5.75 Å². The van der Waals surface area contributed by atoms with Gasteiger partial charge in [0.05, 0.1) is 18.9 Å². The number of aromatic nitrogens is 1. The molecule has 2 rings (SSSR count). The highest BCUT2D eigenvalue weighted by molar-refractivity contribution is 14.1. The van der Waals surface area contributed by atoms with Gasteiger partial charge in [-0.2, -0.15) is 18.3 Å². The SMILES string of the molecule is Oc1c(I)cc(/C=N\Nc2ccc(C(F)(F)F)cn2)cc1I. The van der Waals surface area contributed by atoms with Crippen molar-refractivity contribution in [3.8, 4) is 5.75 Å². The second kappa shape index (κ2) is 6.98. The Hall–Kier alpha value is -1.11. The smallest absolute Gasteiger partial charge is 0.417 e. The van der Waals surface area contributed by atoms with Crippen LogP contribution < -0.4 is 5.43 Å². The number of hydrazone groups is 1. The largest absolute Gasteiger partial charge is 0.506 e. The molecule has 0 aliphatic rings. The fourth-order valence-electron chi connectivity index (χ4n) is 1.46. The van der Waals surface area contributed by atoms with Crippen molar-refractivity contribution in [3.63, 3.8) is 0 Å². The van der Waals surface area contributed by atoms with E-state index in [1.165, 1.54) is 12.3 Å². The van der Waals surface area contributed by atoms with Crippen LogP contribution in [0.4, 0.5) is 19.0 Å². The Labute approximate surface area is 151 Å². The third-order valence-corrected chi connectivity index (χ3v) is 4.17. The Kier molecular flexibility index (Phi) is 5.47. The van der Waals surface area contributed by atoms with Crippen molar-refractivity contribution in [2.75, 3.05) is 5.43 Å². The Morgan fingerprint density at radius 1 is 1.18 bits per heavy atom. The lowest BCUT2D eigenvalue weighted by atomic mass is 10.2. The summed E-state index contributed by atoms with van der Waals surface area (Å²) in [6, 6.07) is 5.58. The summed E-state index contributed by atoms with van der Waals surface area (Å²) in [5.74, 6) is 0.406. The molecule has 9 heteroatoms. The first-order valence-electron chi connectivity index (χ1n) is 5.77. The standard InChI is InChI=1S/C13H8F3I2N3O/c14-13(15,16)8-1-2-11(19-6-8)21-20-5-7-3-9(17)12(22)10(18)4-7/h1-6,22H,(H,19,21)/b20-5-. The number of hydrogen-bond donors (Lipinski definition) is 2. The molecule has 116 valence electrons. The van der Waals surface area contributed by atoms with Gasteiger partial charge >= 0.3 is 6.18 Å². The van der Waals surface area contributed by atoms with Gasteiger partial charge in [0, 0.05) is 6.20 Å². The van der Waals surface area contributed by atoms with Gasteiger partial charge in [0.2, 0.25) is 0 Å². The number of anilines is 1. The van der Waals surface area contributed by atoms with E-state index in [1.807, 2.05) is 45.2 Å². The summed E-state index contributed by atoms with van der Waals surface area (Å²) in [6.45, 7) is 0. The first kappa shape index (κ1) is 17.2. The van der Waals surface area contributed by atoms with Crippen molar-refractivity contribution in [1.29, 1.82) is 0 Å². The molecular formula is C13H8F3I2N3O. The predicted octanol–water partition coefficient (Wildman–Crippen LogP) is 4.46. The lowest BCUT2D eigenvalue weighted by molar-refractivity contribution is -0.137. The van der Waals surface area contributed by atoms with Crippen molar-refractivity contribution in [2.24, 2.45) is 5.10 Å². The number of hydrogen-bond acceptors (Lipinski definition) is 4. The van der Waals surface area contributed by atoms with E-state index in [4.69, 9.17) is 0 Å². The van der Waals surface area contributed by atoms with Gasteiger partial charge in [-0.05, 0) is 75.0 Å². The first-order valence-corrected chi connectivity index (χ1v) is 7.93. The van der Waals surface area contributed by atoms with Crippen LogP contribution in [-0.4, -0.2) is 16.3 Å². The number of aromatic hydroxyl groups is 1. The molecule has 4 nitrogen and oxygen atoms in total. The molecule has 1 aromatic carbocycles. The van der Waals surface area contributed by atoms with Gasteiger partial charge in [0.15, 0.2) is 0 Å². The monoisotopic (exact) mass is 533 g/mol. The summed E-state index contributed by atoms with van der Waals surface area (Å²) in [4.78, 5) is 3.64. The van der Waals surface area contributed by atoms with Gasteiger partial charge in [-0.1, -0.05) is 0 Å². The van der Waals surface area contributed by atoms with Crippen molar-refractivity contribution >= 4 is 57.2 Å². The summed E-state index contributed by atoms with van der Waals surface area (Å²) in [5, 5.41) is 13.6. The Morgan fingerprint density at radius 3 is 2.32 bits per heavy atom. The lowest BCUT2D eigenvalue weighted by Gasteiger charge is -2.06. The lowest BCUT2D eigenvalue weighted by Crippen LogP contribution is -2.05. The van der Waals surface area contributed by atoms with Gasteiger partial charge in [0.25, 0.3) is 0 Å². The topological polar surface area (TPSA) is 57.5 Å². The number of alkyl halides is 3. The molecule has 2 aromatic rings. The van der Waals surface area contributed by atoms with E-state index >= 15 is 0 Å².